The molecule has 0 fully saturated rings. The molecule has 1 N–H and O–H groups in total. The van der Waals surface area contributed by atoms with E-state index >= 15 is 0 Å². The normalized spacial score (nSPS) is 14.3. The number of nitrogens with zero attached hydrogens (tertiary/aromatic N) is 3. The quantitative estimate of drug-likeness (QED) is 0.589. The molecule has 1 aromatic rings. The Hall–Kier alpha value is -0.640. The van der Waals surface area contributed by atoms with Gasteiger partial charge in [-0.15, -0.1) is 0 Å². The Kier molecular flexibility index (Phi) is 6.76. The molecular formula is C13H22N4S2. The van der Waals surface area contributed by atoms with Gasteiger partial charge in [0.1, 0.15) is 11.4 Å². The van der Waals surface area contributed by atoms with Crippen LogP contribution in [0.2, 0.25) is 0 Å². The van der Waals surface area contributed by atoms with Gasteiger partial charge in [0.15, 0.2) is 4.34 Å². The van der Waals surface area contributed by atoms with Gasteiger partial charge in [-0.3, -0.25) is 5.32 Å². The maximum absolute atomic E-state index is 9.41. The van der Waals surface area contributed by atoms with Crippen molar-refractivity contribution in [2.75, 3.05) is 5.75 Å². The number of aryl methyl sites for hydroxylation is 1. The first-order valence-electron chi connectivity index (χ1n) is 6.63. The molecule has 0 saturated heterocycles. The molecule has 1 atom stereocenters. The Balaban J connectivity index is 2.38. The van der Waals surface area contributed by atoms with Gasteiger partial charge in [0.25, 0.3) is 0 Å². The van der Waals surface area contributed by atoms with Crippen LogP contribution in [0.4, 0.5) is 0 Å². The molecule has 1 unspecified atom stereocenters. The van der Waals surface area contributed by atoms with Crippen LogP contribution in [0.1, 0.15) is 45.9 Å². The lowest BCUT2D eigenvalue weighted by Crippen LogP contribution is -2.47. The van der Waals surface area contributed by atoms with Crippen LogP contribution in [0, 0.1) is 18.3 Å². The van der Waals surface area contributed by atoms with E-state index in [9.17, 15) is 5.26 Å². The summed E-state index contributed by atoms with van der Waals surface area (Å²) in [5.41, 5.74) is -0.383. The first kappa shape index (κ1) is 16.4. The third-order valence-electron chi connectivity index (χ3n) is 2.86. The van der Waals surface area contributed by atoms with Crippen LogP contribution < -0.4 is 5.32 Å². The number of hydrogen-bond donors (Lipinski definition) is 1. The zero-order valence-corrected chi connectivity index (χ0v) is 13.7. The average molecular weight is 298 g/mol. The standard InChI is InChI=1S/C13H22N4S2/c1-5-13(9-14,16-10(2)3)7-6-8-18-12-15-11(4)17-19-12/h10,16H,5-8H2,1-4H3. The van der Waals surface area contributed by atoms with E-state index in [1.165, 1.54) is 11.5 Å². The Morgan fingerprint density at radius 3 is 2.74 bits per heavy atom. The fourth-order valence-corrected chi connectivity index (χ4v) is 3.60. The minimum Gasteiger partial charge on any atom is -0.297 e. The number of rotatable bonds is 8. The van der Waals surface area contributed by atoms with Gasteiger partial charge in [-0.1, -0.05) is 18.7 Å². The highest BCUT2D eigenvalue weighted by Gasteiger charge is 2.27. The van der Waals surface area contributed by atoms with Gasteiger partial charge < -0.3 is 0 Å². The molecule has 1 aromatic heterocycles. The van der Waals surface area contributed by atoms with Gasteiger partial charge in [0, 0.05) is 11.8 Å². The highest BCUT2D eigenvalue weighted by molar-refractivity contribution is 8.00. The summed E-state index contributed by atoms with van der Waals surface area (Å²) < 4.78 is 5.18. The molecule has 1 heterocycles. The molecule has 0 spiro atoms. The molecule has 1 rings (SSSR count). The van der Waals surface area contributed by atoms with Crippen LogP contribution in [0.25, 0.3) is 0 Å². The number of hydrogen-bond acceptors (Lipinski definition) is 6. The summed E-state index contributed by atoms with van der Waals surface area (Å²) in [7, 11) is 0. The summed E-state index contributed by atoms with van der Waals surface area (Å²) >= 11 is 3.18. The lowest BCUT2D eigenvalue weighted by atomic mass is 9.91. The molecule has 0 aliphatic heterocycles. The first-order chi connectivity index (χ1) is 9.01. The Morgan fingerprint density at radius 1 is 1.53 bits per heavy atom. The van der Waals surface area contributed by atoms with E-state index in [-0.39, 0.29) is 5.54 Å². The van der Waals surface area contributed by atoms with Crippen molar-refractivity contribution >= 4 is 23.3 Å². The molecule has 106 valence electrons. The minimum atomic E-state index is -0.383. The van der Waals surface area contributed by atoms with E-state index in [2.05, 4.69) is 41.5 Å². The summed E-state index contributed by atoms with van der Waals surface area (Å²) in [5, 5.41) is 12.8. The lowest BCUT2D eigenvalue weighted by Gasteiger charge is -2.29. The lowest BCUT2D eigenvalue weighted by molar-refractivity contribution is 0.341. The minimum absolute atomic E-state index is 0.332. The van der Waals surface area contributed by atoms with Gasteiger partial charge in [0.2, 0.25) is 0 Å². The molecule has 4 nitrogen and oxygen atoms in total. The van der Waals surface area contributed by atoms with Crippen LogP contribution in [-0.4, -0.2) is 26.7 Å². The second kappa shape index (κ2) is 7.83. The first-order valence-corrected chi connectivity index (χ1v) is 8.39. The monoisotopic (exact) mass is 298 g/mol. The molecular weight excluding hydrogens is 276 g/mol. The van der Waals surface area contributed by atoms with E-state index in [4.69, 9.17) is 0 Å². The molecule has 0 aliphatic carbocycles. The third-order valence-corrected chi connectivity index (χ3v) is 4.88. The molecule has 6 heteroatoms. The van der Waals surface area contributed by atoms with Crippen molar-refractivity contribution in [1.29, 1.82) is 5.26 Å². The van der Waals surface area contributed by atoms with Crippen LogP contribution in [0.5, 0.6) is 0 Å². The Morgan fingerprint density at radius 2 is 2.26 bits per heavy atom. The molecule has 0 amide bonds. The maximum Gasteiger partial charge on any atom is 0.170 e. The van der Waals surface area contributed by atoms with Crippen molar-refractivity contribution in [2.45, 2.75) is 62.9 Å². The fourth-order valence-electron chi connectivity index (χ4n) is 1.94. The van der Waals surface area contributed by atoms with E-state index in [1.54, 1.807) is 11.8 Å². The van der Waals surface area contributed by atoms with E-state index in [0.29, 0.717) is 6.04 Å². The van der Waals surface area contributed by atoms with Gasteiger partial charge >= 0.3 is 0 Å². The zero-order valence-electron chi connectivity index (χ0n) is 12.1. The van der Waals surface area contributed by atoms with Crippen LogP contribution in [-0.2, 0) is 0 Å². The highest BCUT2D eigenvalue weighted by atomic mass is 32.2. The third kappa shape index (κ3) is 5.47. The summed E-state index contributed by atoms with van der Waals surface area (Å²) in [4.78, 5) is 4.32. The van der Waals surface area contributed by atoms with E-state index in [0.717, 1.165) is 35.2 Å². The second-order valence-electron chi connectivity index (χ2n) is 4.91. The van der Waals surface area contributed by atoms with Gasteiger partial charge in [0.05, 0.1) is 6.07 Å². The SMILES string of the molecule is CCC(C#N)(CCCSc1nc(C)ns1)NC(C)C. The molecule has 0 radical (unpaired) electrons. The predicted octanol–water partition coefficient (Wildman–Crippen LogP) is 3.39. The smallest absolute Gasteiger partial charge is 0.170 e. The number of aromatic nitrogens is 2. The van der Waals surface area contributed by atoms with Crippen molar-refractivity contribution in [3.8, 4) is 6.07 Å². The molecule has 0 aliphatic rings. The van der Waals surface area contributed by atoms with Crippen molar-refractivity contribution in [1.82, 2.24) is 14.7 Å². The fraction of sp³-hybridized carbons (Fsp3) is 0.769. The maximum atomic E-state index is 9.41. The van der Waals surface area contributed by atoms with E-state index < -0.39 is 0 Å². The van der Waals surface area contributed by atoms with Gasteiger partial charge in [-0.25, -0.2) is 4.98 Å². The molecule has 0 aromatic carbocycles. The average Bonchev–Trinajstić information content (AvgIpc) is 2.78. The summed E-state index contributed by atoms with van der Waals surface area (Å²) in [6.07, 6.45) is 2.72. The van der Waals surface area contributed by atoms with Crippen molar-refractivity contribution in [3.05, 3.63) is 5.82 Å². The predicted molar refractivity (Wildman–Crippen MR) is 81.5 cm³/mol. The summed E-state index contributed by atoms with van der Waals surface area (Å²) in [6, 6.07) is 2.79. The van der Waals surface area contributed by atoms with Crippen molar-refractivity contribution < 1.29 is 0 Å². The Labute approximate surface area is 124 Å². The molecule has 0 bridgehead atoms. The number of nitriles is 1. The van der Waals surface area contributed by atoms with Crippen molar-refractivity contribution in [2.24, 2.45) is 0 Å². The summed E-state index contributed by atoms with van der Waals surface area (Å²) in [5.74, 6) is 1.83. The van der Waals surface area contributed by atoms with Crippen LogP contribution in [0.15, 0.2) is 4.34 Å². The number of nitrogens with one attached hydrogen (secondary N) is 1. The van der Waals surface area contributed by atoms with Crippen LogP contribution >= 0.6 is 23.3 Å². The molecule has 19 heavy (non-hydrogen) atoms. The topological polar surface area (TPSA) is 61.6 Å². The zero-order chi connectivity index (χ0) is 14.3. The highest BCUT2D eigenvalue weighted by Crippen LogP contribution is 2.24. The second-order valence-corrected chi connectivity index (χ2v) is 7.00. The van der Waals surface area contributed by atoms with Crippen molar-refractivity contribution in [3.63, 3.8) is 0 Å². The van der Waals surface area contributed by atoms with Crippen LogP contribution in [0.3, 0.4) is 0 Å². The van der Waals surface area contributed by atoms with Gasteiger partial charge in [-0.05, 0) is 51.6 Å². The number of thioether (sulfide) groups is 1. The summed E-state index contributed by atoms with van der Waals surface area (Å²) in [6.45, 7) is 8.14. The largest absolute Gasteiger partial charge is 0.297 e. The van der Waals surface area contributed by atoms with Gasteiger partial charge in [-0.2, -0.15) is 9.64 Å². The van der Waals surface area contributed by atoms with E-state index in [1.807, 2.05) is 6.92 Å². The molecule has 0 saturated carbocycles. The Bertz CT molecular complexity index is 425.